The Bertz CT molecular complexity index is 1080. The lowest BCUT2D eigenvalue weighted by atomic mass is 10.1. The molecule has 0 aliphatic carbocycles. The number of hydrogen-bond donors (Lipinski definition) is 0. The zero-order chi connectivity index (χ0) is 19.6. The third-order valence-corrected chi connectivity index (χ3v) is 4.12. The molecule has 27 heavy (non-hydrogen) atoms. The smallest absolute Gasteiger partial charge is 0.387 e. The lowest BCUT2D eigenvalue weighted by molar-refractivity contribution is -0.0512. The highest BCUT2D eigenvalue weighted by atomic mass is 35.5. The highest BCUT2D eigenvalue weighted by Gasteiger charge is 2.12. The number of hydrogen-bond acceptors (Lipinski definition) is 4. The summed E-state index contributed by atoms with van der Waals surface area (Å²) in [5.74, 6) is 0.0500. The first-order valence-corrected chi connectivity index (χ1v) is 8.26. The Kier molecular flexibility index (Phi) is 5.41. The van der Waals surface area contributed by atoms with Gasteiger partial charge in [0.05, 0.1) is 17.8 Å². The van der Waals surface area contributed by atoms with Gasteiger partial charge in [0.2, 0.25) is 0 Å². The molecule has 0 saturated carbocycles. The van der Waals surface area contributed by atoms with E-state index in [1.165, 1.54) is 29.7 Å². The fraction of sp³-hybridized carbons (Fsp3) is 0.158. The molecule has 0 aliphatic heterocycles. The number of methoxy groups -OCH3 is 1. The van der Waals surface area contributed by atoms with Gasteiger partial charge in [0.25, 0.3) is 5.56 Å². The Labute approximate surface area is 158 Å². The molecular formula is C19H15ClF2N2O3. The van der Waals surface area contributed by atoms with Crippen LogP contribution in [0.3, 0.4) is 0 Å². The van der Waals surface area contributed by atoms with Gasteiger partial charge in [-0.15, -0.1) is 0 Å². The molecule has 0 spiro atoms. The maximum atomic E-state index is 12.4. The molecule has 0 amide bonds. The second-order valence-electron chi connectivity index (χ2n) is 5.62. The van der Waals surface area contributed by atoms with Crippen LogP contribution in [0.5, 0.6) is 11.5 Å². The van der Waals surface area contributed by atoms with Crippen LogP contribution in [0.15, 0.2) is 47.3 Å². The fourth-order valence-corrected chi connectivity index (χ4v) is 2.85. The number of nitrogens with zero attached hydrogens (tertiary/aromatic N) is 2. The van der Waals surface area contributed by atoms with E-state index in [-0.39, 0.29) is 22.1 Å². The Morgan fingerprint density at radius 2 is 2.00 bits per heavy atom. The van der Waals surface area contributed by atoms with E-state index in [1.54, 1.807) is 24.3 Å². The van der Waals surface area contributed by atoms with Gasteiger partial charge in [0, 0.05) is 11.8 Å². The van der Waals surface area contributed by atoms with Crippen LogP contribution >= 0.6 is 11.6 Å². The van der Waals surface area contributed by atoms with Crippen LogP contribution in [-0.2, 0) is 0 Å². The number of alkyl halides is 2. The topological polar surface area (TPSA) is 52.8 Å². The van der Waals surface area contributed by atoms with E-state index in [9.17, 15) is 13.6 Å². The zero-order valence-electron chi connectivity index (χ0n) is 14.4. The third kappa shape index (κ3) is 4.09. The third-order valence-electron chi connectivity index (χ3n) is 3.82. The summed E-state index contributed by atoms with van der Waals surface area (Å²) in [5.41, 5.74) is 1.86. The number of rotatable bonds is 5. The summed E-state index contributed by atoms with van der Waals surface area (Å²) < 4.78 is 35.8. The average molecular weight is 393 g/mol. The van der Waals surface area contributed by atoms with E-state index >= 15 is 0 Å². The van der Waals surface area contributed by atoms with Gasteiger partial charge < -0.3 is 9.47 Å². The molecule has 0 bridgehead atoms. The van der Waals surface area contributed by atoms with Gasteiger partial charge in [0.1, 0.15) is 5.65 Å². The van der Waals surface area contributed by atoms with Gasteiger partial charge in [-0.1, -0.05) is 23.7 Å². The van der Waals surface area contributed by atoms with E-state index < -0.39 is 6.61 Å². The molecule has 0 saturated heterocycles. The second-order valence-corrected chi connectivity index (χ2v) is 6.03. The number of benzene rings is 1. The number of aromatic nitrogens is 2. The standard InChI is InChI=1S/C19H15ClF2N2O3/c1-11-4-3-5-17-23-14(10-18(25)24(11)17)13(20)8-12-6-7-15(27-19(21)22)16(9-12)26-2/h3-10,19H,1-2H3/b13-8-. The summed E-state index contributed by atoms with van der Waals surface area (Å²) in [4.78, 5) is 16.8. The highest BCUT2D eigenvalue weighted by Crippen LogP contribution is 2.31. The normalized spacial score (nSPS) is 11.9. The Morgan fingerprint density at radius 3 is 2.70 bits per heavy atom. The van der Waals surface area contributed by atoms with E-state index in [2.05, 4.69) is 9.72 Å². The number of halogens is 3. The zero-order valence-corrected chi connectivity index (χ0v) is 15.2. The lowest BCUT2D eigenvalue weighted by Gasteiger charge is -2.10. The van der Waals surface area contributed by atoms with Crippen molar-refractivity contribution in [3.63, 3.8) is 0 Å². The van der Waals surface area contributed by atoms with E-state index in [1.807, 2.05) is 13.0 Å². The molecule has 2 heterocycles. The Morgan fingerprint density at radius 1 is 1.22 bits per heavy atom. The first-order chi connectivity index (χ1) is 12.9. The number of pyridine rings is 1. The summed E-state index contributed by atoms with van der Waals surface area (Å²) in [6.45, 7) is -1.15. The average Bonchev–Trinajstić information content (AvgIpc) is 2.62. The molecule has 3 rings (SSSR count). The Balaban J connectivity index is 2.00. The van der Waals surface area contributed by atoms with Gasteiger partial charge in [-0.3, -0.25) is 9.20 Å². The minimum Gasteiger partial charge on any atom is -0.493 e. The van der Waals surface area contributed by atoms with Crippen molar-refractivity contribution in [3.05, 3.63) is 69.8 Å². The molecule has 5 nitrogen and oxygen atoms in total. The number of aryl methyl sites for hydroxylation is 1. The van der Waals surface area contributed by atoms with Crippen LogP contribution in [0.25, 0.3) is 16.8 Å². The molecule has 140 valence electrons. The van der Waals surface area contributed by atoms with Gasteiger partial charge >= 0.3 is 6.61 Å². The van der Waals surface area contributed by atoms with Crippen molar-refractivity contribution in [3.8, 4) is 11.5 Å². The van der Waals surface area contributed by atoms with Gasteiger partial charge in [-0.2, -0.15) is 8.78 Å². The first kappa shape index (κ1) is 18.8. The van der Waals surface area contributed by atoms with Crippen molar-refractivity contribution in [2.75, 3.05) is 7.11 Å². The fourth-order valence-electron chi connectivity index (χ4n) is 2.62. The predicted molar refractivity (Wildman–Crippen MR) is 99.5 cm³/mol. The maximum absolute atomic E-state index is 12.4. The summed E-state index contributed by atoms with van der Waals surface area (Å²) in [7, 11) is 1.34. The predicted octanol–water partition coefficient (Wildman–Crippen LogP) is 4.35. The quantitative estimate of drug-likeness (QED) is 0.647. The number of fused-ring (bicyclic) bond motifs is 1. The van der Waals surface area contributed by atoms with Gasteiger partial charge in [0.15, 0.2) is 11.5 Å². The summed E-state index contributed by atoms with van der Waals surface area (Å²) in [6.07, 6.45) is 1.56. The van der Waals surface area contributed by atoms with Crippen LogP contribution in [0.4, 0.5) is 8.78 Å². The van der Waals surface area contributed by atoms with Crippen LogP contribution in [0.2, 0.25) is 0 Å². The molecular weight excluding hydrogens is 378 g/mol. The summed E-state index contributed by atoms with van der Waals surface area (Å²) >= 11 is 6.33. The van der Waals surface area contributed by atoms with Gasteiger partial charge in [-0.05, 0) is 42.8 Å². The van der Waals surface area contributed by atoms with Crippen molar-refractivity contribution in [2.24, 2.45) is 0 Å². The molecule has 0 N–H and O–H groups in total. The molecule has 8 heteroatoms. The molecule has 0 atom stereocenters. The van der Waals surface area contributed by atoms with E-state index in [0.29, 0.717) is 16.9 Å². The highest BCUT2D eigenvalue weighted by molar-refractivity contribution is 6.51. The molecule has 0 aliphatic rings. The monoisotopic (exact) mass is 392 g/mol. The maximum Gasteiger partial charge on any atom is 0.387 e. The minimum absolute atomic E-state index is 0.0849. The lowest BCUT2D eigenvalue weighted by Crippen LogP contribution is -2.17. The molecule has 0 unspecified atom stereocenters. The molecule has 1 aromatic carbocycles. The Hall–Kier alpha value is -2.93. The largest absolute Gasteiger partial charge is 0.493 e. The van der Waals surface area contributed by atoms with E-state index in [4.69, 9.17) is 16.3 Å². The van der Waals surface area contributed by atoms with Crippen LogP contribution in [0, 0.1) is 6.92 Å². The molecule has 2 aromatic heterocycles. The van der Waals surface area contributed by atoms with Crippen molar-refractivity contribution in [1.29, 1.82) is 0 Å². The van der Waals surface area contributed by atoms with Crippen molar-refractivity contribution >= 4 is 28.4 Å². The summed E-state index contributed by atoms with van der Waals surface area (Å²) in [5, 5.41) is 0.223. The van der Waals surface area contributed by atoms with Crippen molar-refractivity contribution in [1.82, 2.24) is 9.38 Å². The van der Waals surface area contributed by atoms with Gasteiger partial charge in [-0.25, -0.2) is 4.98 Å². The SMILES string of the molecule is COc1cc(/C=C(\Cl)c2cc(=O)n3c(C)cccc3n2)ccc1OC(F)F. The van der Waals surface area contributed by atoms with Crippen molar-refractivity contribution < 1.29 is 18.3 Å². The molecule has 3 aromatic rings. The van der Waals surface area contributed by atoms with Crippen LogP contribution in [0.1, 0.15) is 17.0 Å². The minimum atomic E-state index is -2.96. The first-order valence-electron chi connectivity index (χ1n) is 7.89. The molecule has 0 fully saturated rings. The number of ether oxygens (including phenoxy) is 2. The van der Waals surface area contributed by atoms with Crippen LogP contribution < -0.4 is 15.0 Å². The summed E-state index contributed by atoms with van der Waals surface area (Å²) in [6, 6.07) is 11.0. The van der Waals surface area contributed by atoms with Crippen molar-refractivity contribution in [2.45, 2.75) is 13.5 Å². The molecule has 0 radical (unpaired) electrons. The second kappa shape index (κ2) is 7.75. The van der Waals surface area contributed by atoms with Crippen LogP contribution in [-0.4, -0.2) is 23.1 Å². The van der Waals surface area contributed by atoms with E-state index in [0.717, 1.165) is 5.69 Å².